The van der Waals surface area contributed by atoms with E-state index in [1.807, 2.05) is 18.7 Å². The number of thiophene rings is 1. The van der Waals surface area contributed by atoms with Gasteiger partial charge in [-0.05, 0) is 18.6 Å². The highest BCUT2D eigenvalue weighted by molar-refractivity contribution is 8.00. The monoisotopic (exact) mass is 306 g/mol. The molecule has 1 atom stereocenters. The highest BCUT2D eigenvalue weighted by atomic mass is 32.2. The molecule has 0 aliphatic carbocycles. The van der Waals surface area contributed by atoms with Crippen molar-refractivity contribution >= 4 is 33.1 Å². The highest BCUT2D eigenvalue weighted by Crippen LogP contribution is 2.30. The van der Waals surface area contributed by atoms with Gasteiger partial charge in [0.05, 0.1) is 0 Å². The average molecular weight is 306 g/mol. The molecule has 0 bridgehead atoms. The molecule has 1 aliphatic heterocycles. The summed E-state index contributed by atoms with van der Waals surface area (Å²) in [6, 6.07) is 1.74. The van der Waals surface area contributed by atoms with Crippen LogP contribution >= 0.6 is 23.1 Å². The molecule has 7 heteroatoms. The molecule has 0 aromatic carbocycles. The van der Waals surface area contributed by atoms with E-state index in [0.717, 1.165) is 16.2 Å². The Morgan fingerprint density at radius 1 is 1.56 bits per heavy atom. The first-order valence-corrected chi connectivity index (χ1v) is 9.17. The van der Waals surface area contributed by atoms with Gasteiger partial charge >= 0.3 is 0 Å². The lowest BCUT2D eigenvalue weighted by Gasteiger charge is -2.29. The summed E-state index contributed by atoms with van der Waals surface area (Å²) < 4.78 is 27.0. The molecule has 1 saturated heterocycles. The van der Waals surface area contributed by atoms with Crippen molar-refractivity contribution < 1.29 is 8.42 Å². The average Bonchev–Trinajstić information content (AvgIpc) is 2.71. The first-order valence-electron chi connectivity index (χ1n) is 5.86. The molecule has 0 spiro atoms. The predicted octanol–water partition coefficient (Wildman–Crippen LogP) is 1.64. The van der Waals surface area contributed by atoms with Crippen molar-refractivity contribution in [1.29, 1.82) is 0 Å². The summed E-state index contributed by atoms with van der Waals surface area (Å²) in [6.45, 7) is 5.58. The zero-order valence-electron chi connectivity index (χ0n) is 10.5. The van der Waals surface area contributed by atoms with Crippen LogP contribution in [0.2, 0.25) is 0 Å². The summed E-state index contributed by atoms with van der Waals surface area (Å²) >= 11 is 3.12. The van der Waals surface area contributed by atoms with Gasteiger partial charge in [0.1, 0.15) is 4.21 Å². The van der Waals surface area contributed by atoms with Crippen LogP contribution in [-0.4, -0.2) is 36.8 Å². The first kappa shape index (κ1) is 14.3. The van der Waals surface area contributed by atoms with E-state index in [2.05, 4.69) is 6.92 Å². The third kappa shape index (κ3) is 2.75. The molecule has 2 rings (SSSR count). The normalized spacial score (nSPS) is 22.3. The van der Waals surface area contributed by atoms with Crippen LogP contribution in [0.4, 0.5) is 0 Å². The summed E-state index contributed by atoms with van der Waals surface area (Å²) in [5.74, 6) is 0.870. The Bertz CT molecular complexity index is 524. The maximum absolute atomic E-state index is 12.5. The largest absolute Gasteiger partial charge is 0.326 e. The van der Waals surface area contributed by atoms with Gasteiger partial charge in [0.15, 0.2) is 0 Å². The van der Waals surface area contributed by atoms with Crippen LogP contribution < -0.4 is 5.73 Å². The van der Waals surface area contributed by atoms with Gasteiger partial charge in [-0.25, -0.2) is 8.42 Å². The fourth-order valence-corrected chi connectivity index (χ4v) is 6.33. The zero-order valence-corrected chi connectivity index (χ0v) is 13.0. The van der Waals surface area contributed by atoms with E-state index in [0.29, 0.717) is 29.1 Å². The Hall–Kier alpha value is -0.0800. The Balaban J connectivity index is 2.29. The van der Waals surface area contributed by atoms with Crippen molar-refractivity contribution in [2.24, 2.45) is 5.73 Å². The van der Waals surface area contributed by atoms with Crippen molar-refractivity contribution in [3.8, 4) is 0 Å². The smallest absolute Gasteiger partial charge is 0.252 e. The van der Waals surface area contributed by atoms with Gasteiger partial charge in [0.25, 0.3) is 10.0 Å². The quantitative estimate of drug-likeness (QED) is 0.922. The minimum absolute atomic E-state index is 0.364. The maximum atomic E-state index is 12.5. The zero-order chi connectivity index (χ0) is 13.3. The molecule has 0 radical (unpaired) electrons. The van der Waals surface area contributed by atoms with Gasteiger partial charge in [0, 0.05) is 35.5 Å². The molecule has 102 valence electrons. The van der Waals surface area contributed by atoms with Crippen LogP contribution in [0, 0.1) is 6.92 Å². The van der Waals surface area contributed by atoms with E-state index in [1.165, 1.54) is 11.3 Å². The Kier molecular flexibility index (Phi) is 4.38. The number of hydrogen-bond donors (Lipinski definition) is 1. The second kappa shape index (κ2) is 5.50. The van der Waals surface area contributed by atoms with Crippen molar-refractivity contribution in [3.05, 3.63) is 16.5 Å². The van der Waals surface area contributed by atoms with Gasteiger partial charge < -0.3 is 5.73 Å². The highest BCUT2D eigenvalue weighted by Gasteiger charge is 2.30. The van der Waals surface area contributed by atoms with E-state index in [-0.39, 0.29) is 0 Å². The van der Waals surface area contributed by atoms with Crippen LogP contribution in [0.1, 0.15) is 17.4 Å². The molecule has 18 heavy (non-hydrogen) atoms. The van der Waals surface area contributed by atoms with E-state index < -0.39 is 10.0 Å². The number of thioether (sulfide) groups is 1. The number of rotatable bonds is 3. The number of sulfonamides is 1. The molecular formula is C11H18N2O2S3. The lowest BCUT2D eigenvalue weighted by Crippen LogP contribution is -2.40. The molecule has 1 aromatic heterocycles. The molecule has 1 unspecified atom stereocenters. The molecule has 1 aliphatic rings. The standard InChI is InChI=1S/C11H18N2O2S3/c1-8-5-11(17-10(8)6-12)18(14,15)13-3-4-16-9(2)7-13/h5,9H,3-4,6-7,12H2,1-2H3. The second-order valence-electron chi connectivity index (χ2n) is 4.42. The van der Waals surface area contributed by atoms with Crippen LogP contribution in [0.25, 0.3) is 0 Å². The fraction of sp³-hybridized carbons (Fsp3) is 0.636. The molecule has 2 N–H and O–H groups in total. The van der Waals surface area contributed by atoms with Gasteiger partial charge in [-0.2, -0.15) is 16.1 Å². The number of aryl methyl sites for hydroxylation is 1. The fourth-order valence-electron chi connectivity index (χ4n) is 1.95. The van der Waals surface area contributed by atoms with Crippen molar-refractivity contribution in [3.63, 3.8) is 0 Å². The number of nitrogens with two attached hydrogens (primary N) is 1. The second-order valence-corrected chi connectivity index (χ2v) is 9.27. The third-order valence-electron chi connectivity index (χ3n) is 2.98. The van der Waals surface area contributed by atoms with E-state index in [9.17, 15) is 8.42 Å². The minimum atomic E-state index is -3.32. The molecule has 0 amide bonds. The first-order chi connectivity index (χ1) is 8.45. The van der Waals surface area contributed by atoms with Gasteiger partial charge in [-0.15, -0.1) is 11.3 Å². The van der Waals surface area contributed by atoms with Gasteiger partial charge in [-0.3, -0.25) is 0 Å². The lowest BCUT2D eigenvalue weighted by atomic mass is 10.3. The van der Waals surface area contributed by atoms with E-state index in [1.54, 1.807) is 10.4 Å². The Morgan fingerprint density at radius 3 is 2.83 bits per heavy atom. The van der Waals surface area contributed by atoms with Crippen LogP contribution in [0.15, 0.2) is 10.3 Å². The van der Waals surface area contributed by atoms with E-state index in [4.69, 9.17) is 5.73 Å². The maximum Gasteiger partial charge on any atom is 0.252 e. The summed E-state index contributed by atoms with van der Waals surface area (Å²) in [7, 11) is -3.32. The van der Waals surface area contributed by atoms with Crippen LogP contribution in [-0.2, 0) is 16.6 Å². The third-order valence-corrected chi connectivity index (χ3v) is 7.69. The predicted molar refractivity (Wildman–Crippen MR) is 77.6 cm³/mol. The molecule has 1 aromatic rings. The molecular weight excluding hydrogens is 288 g/mol. The van der Waals surface area contributed by atoms with Gasteiger partial charge in [0.2, 0.25) is 0 Å². The Labute approximate surface area is 117 Å². The molecule has 1 fully saturated rings. The topological polar surface area (TPSA) is 63.4 Å². The SMILES string of the molecule is Cc1cc(S(=O)(=O)N2CCSC(C)C2)sc1CN. The Morgan fingerprint density at radius 2 is 2.28 bits per heavy atom. The van der Waals surface area contributed by atoms with Gasteiger partial charge in [-0.1, -0.05) is 6.92 Å². The lowest BCUT2D eigenvalue weighted by molar-refractivity contribution is 0.425. The van der Waals surface area contributed by atoms with Crippen molar-refractivity contribution in [2.75, 3.05) is 18.8 Å². The van der Waals surface area contributed by atoms with E-state index >= 15 is 0 Å². The molecule has 2 heterocycles. The van der Waals surface area contributed by atoms with Crippen molar-refractivity contribution in [1.82, 2.24) is 4.31 Å². The summed E-state index contributed by atoms with van der Waals surface area (Å²) in [4.78, 5) is 0.952. The summed E-state index contributed by atoms with van der Waals surface area (Å²) in [6.07, 6.45) is 0. The molecule has 0 saturated carbocycles. The van der Waals surface area contributed by atoms with Crippen molar-refractivity contribution in [2.45, 2.75) is 29.9 Å². The number of hydrogen-bond acceptors (Lipinski definition) is 5. The molecule has 4 nitrogen and oxygen atoms in total. The van der Waals surface area contributed by atoms with Crippen LogP contribution in [0.5, 0.6) is 0 Å². The summed E-state index contributed by atoms with van der Waals surface area (Å²) in [5, 5.41) is 0.364. The minimum Gasteiger partial charge on any atom is -0.326 e. The number of nitrogens with zero attached hydrogens (tertiary/aromatic N) is 1. The summed E-state index contributed by atoms with van der Waals surface area (Å²) in [5.41, 5.74) is 6.58. The van der Waals surface area contributed by atoms with Crippen LogP contribution in [0.3, 0.4) is 0 Å².